The third kappa shape index (κ3) is 2.07. The van der Waals surface area contributed by atoms with Gasteiger partial charge in [-0.15, -0.1) is 0 Å². The molecule has 1 saturated heterocycles. The molecule has 0 radical (unpaired) electrons. The topological polar surface area (TPSA) is 26.3 Å². The maximum absolute atomic E-state index is 11.6. The van der Waals surface area contributed by atoms with E-state index in [9.17, 15) is 4.79 Å². The van der Waals surface area contributed by atoms with E-state index in [1.54, 1.807) is 0 Å². The normalized spacial score (nSPS) is 18.9. The van der Waals surface area contributed by atoms with Gasteiger partial charge >= 0.3 is 0 Å². The molecular weight excluding hydrogens is 152 g/mol. The van der Waals surface area contributed by atoms with Crippen molar-refractivity contribution in [3.63, 3.8) is 0 Å². The molecule has 0 aromatic heterocycles. The monoisotopic (exact) mass is 170 g/mol. The lowest BCUT2D eigenvalue weighted by molar-refractivity contribution is -0.132. The first-order valence-corrected chi connectivity index (χ1v) is 4.67. The highest BCUT2D eigenvalue weighted by Crippen LogP contribution is 2.26. The SMILES string of the molecule is CCC(C)(C)C(=O)CC1COC1. The van der Waals surface area contributed by atoms with Gasteiger partial charge in [-0.2, -0.15) is 0 Å². The van der Waals surface area contributed by atoms with Crippen LogP contribution in [0.3, 0.4) is 0 Å². The molecule has 1 heterocycles. The van der Waals surface area contributed by atoms with E-state index >= 15 is 0 Å². The first kappa shape index (κ1) is 9.72. The fraction of sp³-hybridized carbons (Fsp3) is 0.900. The number of rotatable bonds is 4. The summed E-state index contributed by atoms with van der Waals surface area (Å²) >= 11 is 0. The molecule has 1 rings (SSSR count). The molecule has 2 heteroatoms. The Balaban J connectivity index is 2.35. The molecule has 2 nitrogen and oxygen atoms in total. The average molecular weight is 170 g/mol. The molecule has 0 saturated carbocycles. The lowest BCUT2D eigenvalue weighted by Crippen LogP contribution is -2.34. The molecule has 1 aliphatic heterocycles. The molecular formula is C10H18O2. The highest BCUT2D eigenvalue weighted by molar-refractivity contribution is 5.84. The van der Waals surface area contributed by atoms with E-state index in [1.807, 2.05) is 13.8 Å². The molecule has 0 atom stereocenters. The second-order valence-corrected chi connectivity index (χ2v) is 4.27. The van der Waals surface area contributed by atoms with Gasteiger partial charge in [-0.25, -0.2) is 0 Å². The average Bonchev–Trinajstić information content (AvgIpc) is 1.96. The van der Waals surface area contributed by atoms with Crippen LogP contribution in [0.25, 0.3) is 0 Å². The molecule has 0 unspecified atom stereocenters. The molecule has 0 aliphatic carbocycles. The quantitative estimate of drug-likeness (QED) is 0.645. The van der Waals surface area contributed by atoms with Gasteiger partial charge in [0.25, 0.3) is 0 Å². The van der Waals surface area contributed by atoms with Crippen LogP contribution in [0.1, 0.15) is 33.6 Å². The van der Waals surface area contributed by atoms with Crippen molar-refractivity contribution >= 4 is 5.78 Å². The van der Waals surface area contributed by atoms with Crippen LogP contribution in [-0.4, -0.2) is 19.0 Å². The van der Waals surface area contributed by atoms with Gasteiger partial charge in [-0.05, 0) is 6.42 Å². The zero-order valence-electron chi connectivity index (χ0n) is 8.22. The fourth-order valence-corrected chi connectivity index (χ4v) is 1.14. The van der Waals surface area contributed by atoms with Crippen LogP contribution >= 0.6 is 0 Å². The van der Waals surface area contributed by atoms with Crippen molar-refractivity contribution in [1.82, 2.24) is 0 Å². The Bertz CT molecular complexity index is 169. The molecule has 12 heavy (non-hydrogen) atoms. The molecule has 0 amide bonds. The number of hydrogen-bond acceptors (Lipinski definition) is 2. The number of hydrogen-bond donors (Lipinski definition) is 0. The van der Waals surface area contributed by atoms with Gasteiger partial charge < -0.3 is 4.74 Å². The third-order valence-corrected chi connectivity index (χ3v) is 2.82. The second kappa shape index (κ2) is 3.56. The molecule has 70 valence electrons. The van der Waals surface area contributed by atoms with Crippen LogP contribution in [0.4, 0.5) is 0 Å². The Hall–Kier alpha value is -0.370. The number of carbonyl (C=O) groups excluding carboxylic acids is 1. The molecule has 0 N–H and O–H groups in total. The van der Waals surface area contributed by atoms with E-state index in [0.717, 1.165) is 19.6 Å². The lowest BCUT2D eigenvalue weighted by Gasteiger charge is -2.29. The summed E-state index contributed by atoms with van der Waals surface area (Å²) in [5.74, 6) is 0.890. The van der Waals surface area contributed by atoms with Crippen LogP contribution < -0.4 is 0 Å². The van der Waals surface area contributed by atoms with Crippen LogP contribution in [0.5, 0.6) is 0 Å². The molecule has 1 aliphatic rings. The zero-order valence-corrected chi connectivity index (χ0v) is 8.22. The van der Waals surface area contributed by atoms with Gasteiger partial charge in [0.15, 0.2) is 0 Å². The molecule has 0 aromatic rings. The predicted molar refractivity (Wildman–Crippen MR) is 48.0 cm³/mol. The predicted octanol–water partition coefficient (Wildman–Crippen LogP) is 2.03. The van der Waals surface area contributed by atoms with Crippen molar-refractivity contribution in [2.24, 2.45) is 11.3 Å². The van der Waals surface area contributed by atoms with Crippen LogP contribution in [0.15, 0.2) is 0 Å². The molecule has 1 fully saturated rings. The third-order valence-electron chi connectivity index (χ3n) is 2.82. The first-order chi connectivity index (χ1) is 5.56. The summed E-state index contributed by atoms with van der Waals surface area (Å²) in [4.78, 5) is 11.6. The molecule has 0 aromatic carbocycles. The van der Waals surface area contributed by atoms with Gasteiger partial charge in [0.2, 0.25) is 0 Å². The summed E-state index contributed by atoms with van der Waals surface area (Å²) in [6.45, 7) is 7.68. The molecule has 0 spiro atoms. The van der Waals surface area contributed by atoms with Gasteiger partial charge in [-0.1, -0.05) is 20.8 Å². The van der Waals surface area contributed by atoms with Crippen molar-refractivity contribution in [2.75, 3.05) is 13.2 Å². The standard InChI is InChI=1S/C10H18O2/c1-4-10(2,3)9(11)5-8-6-12-7-8/h8H,4-7H2,1-3H3. The van der Waals surface area contributed by atoms with Crippen LogP contribution in [-0.2, 0) is 9.53 Å². The maximum atomic E-state index is 11.6. The van der Waals surface area contributed by atoms with Crippen LogP contribution in [0.2, 0.25) is 0 Å². The Morgan fingerprint density at radius 3 is 2.42 bits per heavy atom. The maximum Gasteiger partial charge on any atom is 0.138 e. The van der Waals surface area contributed by atoms with Crippen molar-refractivity contribution < 1.29 is 9.53 Å². The summed E-state index contributed by atoms with van der Waals surface area (Å²) < 4.78 is 5.03. The van der Waals surface area contributed by atoms with E-state index in [4.69, 9.17) is 4.74 Å². The first-order valence-electron chi connectivity index (χ1n) is 4.67. The highest BCUT2D eigenvalue weighted by Gasteiger charge is 2.30. The minimum atomic E-state index is -0.129. The lowest BCUT2D eigenvalue weighted by atomic mass is 9.81. The van der Waals surface area contributed by atoms with Gasteiger partial charge in [0.05, 0.1) is 13.2 Å². The number of ketones is 1. The molecule has 0 bridgehead atoms. The van der Waals surface area contributed by atoms with Gasteiger partial charge in [0.1, 0.15) is 5.78 Å². The Morgan fingerprint density at radius 1 is 1.50 bits per heavy atom. The van der Waals surface area contributed by atoms with Gasteiger partial charge in [0, 0.05) is 17.8 Å². The van der Waals surface area contributed by atoms with Gasteiger partial charge in [-0.3, -0.25) is 4.79 Å². The van der Waals surface area contributed by atoms with Crippen molar-refractivity contribution in [3.8, 4) is 0 Å². The van der Waals surface area contributed by atoms with Crippen molar-refractivity contribution in [3.05, 3.63) is 0 Å². The van der Waals surface area contributed by atoms with Crippen molar-refractivity contribution in [1.29, 1.82) is 0 Å². The second-order valence-electron chi connectivity index (χ2n) is 4.27. The minimum Gasteiger partial charge on any atom is -0.381 e. The Morgan fingerprint density at radius 2 is 2.08 bits per heavy atom. The van der Waals surface area contributed by atoms with E-state index in [0.29, 0.717) is 18.1 Å². The largest absolute Gasteiger partial charge is 0.381 e. The minimum absolute atomic E-state index is 0.129. The number of ether oxygens (including phenoxy) is 1. The summed E-state index contributed by atoms with van der Waals surface area (Å²) in [7, 11) is 0. The Kier molecular flexibility index (Phi) is 2.89. The van der Waals surface area contributed by atoms with Crippen molar-refractivity contribution in [2.45, 2.75) is 33.6 Å². The summed E-state index contributed by atoms with van der Waals surface area (Å²) in [6.07, 6.45) is 1.64. The van der Waals surface area contributed by atoms with Crippen LogP contribution in [0, 0.1) is 11.3 Å². The van der Waals surface area contributed by atoms with E-state index < -0.39 is 0 Å². The fourth-order valence-electron chi connectivity index (χ4n) is 1.14. The zero-order chi connectivity index (χ0) is 9.19. The summed E-state index contributed by atoms with van der Waals surface area (Å²) in [5, 5.41) is 0. The van der Waals surface area contributed by atoms with E-state index in [1.165, 1.54) is 0 Å². The smallest absolute Gasteiger partial charge is 0.138 e. The highest BCUT2D eigenvalue weighted by atomic mass is 16.5. The number of carbonyl (C=O) groups is 1. The summed E-state index contributed by atoms with van der Waals surface area (Å²) in [5.41, 5.74) is -0.129. The number of Topliss-reactive ketones (excluding diaryl/α,β-unsaturated/α-hetero) is 1. The summed E-state index contributed by atoms with van der Waals surface area (Å²) in [6, 6.07) is 0. The van der Waals surface area contributed by atoms with E-state index in [2.05, 4.69) is 6.92 Å². The van der Waals surface area contributed by atoms with E-state index in [-0.39, 0.29) is 5.41 Å². The Labute approximate surface area is 74.3 Å².